The fourth-order valence-corrected chi connectivity index (χ4v) is 3.44. The first-order valence-electron chi connectivity index (χ1n) is 9.98. The first kappa shape index (κ1) is 20.5. The molecule has 3 aromatic rings. The number of carbonyl (C=O) groups is 1. The zero-order valence-corrected chi connectivity index (χ0v) is 17.0. The third-order valence-electron chi connectivity index (χ3n) is 5.02. The van der Waals surface area contributed by atoms with E-state index in [0.717, 1.165) is 31.2 Å². The summed E-state index contributed by atoms with van der Waals surface area (Å²) in [5.41, 5.74) is 1.89. The maximum Gasteiger partial charge on any atom is 0.267 e. The lowest BCUT2D eigenvalue weighted by molar-refractivity contribution is 0.0955. The van der Waals surface area contributed by atoms with Crippen molar-refractivity contribution in [3.63, 3.8) is 0 Å². The van der Waals surface area contributed by atoms with Crippen molar-refractivity contribution in [1.82, 2.24) is 19.3 Å². The van der Waals surface area contributed by atoms with Crippen LogP contribution in [0.25, 0.3) is 16.7 Å². The summed E-state index contributed by atoms with van der Waals surface area (Å²) in [4.78, 5) is 30.5. The van der Waals surface area contributed by atoms with Crippen LogP contribution in [-0.2, 0) is 6.54 Å². The van der Waals surface area contributed by atoms with Crippen LogP contribution >= 0.6 is 0 Å². The molecule has 29 heavy (non-hydrogen) atoms. The maximum atomic E-state index is 13.2. The molecule has 0 aliphatic rings. The Bertz CT molecular complexity index is 1190. The van der Waals surface area contributed by atoms with Crippen molar-refractivity contribution in [1.29, 1.82) is 5.41 Å². The van der Waals surface area contributed by atoms with Gasteiger partial charge in [-0.25, -0.2) is 4.98 Å². The largest absolute Gasteiger partial charge is 0.348 e. The zero-order valence-electron chi connectivity index (χ0n) is 17.0. The van der Waals surface area contributed by atoms with Crippen molar-refractivity contribution < 1.29 is 4.79 Å². The summed E-state index contributed by atoms with van der Waals surface area (Å²) in [6, 6.07) is 5.19. The van der Waals surface area contributed by atoms with Gasteiger partial charge in [-0.15, -0.1) is 6.58 Å². The van der Waals surface area contributed by atoms with Gasteiger partial charge in [-0.2, -0.15) is 0 Å². The molecule has 0 spiro atoms. The van der Waals surface area contributed by atoms with Crippen LogP contribution in [0.1, 0.15) is 48.5 Å². The van der Waals surface area contributed by atoms with Gasteiger partial charge >= 0.3 is 0 Å². The van der Waals surface area contributed by atoms with E-state index in [2.05, 4.69) is 18.8 Å². The molecule has 7 nitrogen and oxygen atoms in total. The molecule has 1 amide bonds. The van der Waals surface area contributed by atoms with E-state index in [-0.39, 0.29) is 16.6 Å². The molecule has 0 aliphatic heterocycles. The minimum atomic E-state index is -0.396. The molecule has 152 valence electrons. The van der Waals surface area contributed by atoms with Gasteiger partial charge in [-0.1, -0.05) is 38.3 Å². The van der Waals surface area contributed by atoms with Crippen LogP contribution in [0.15, 0.2) is 41.8 Å². The van der Waals surface area contributed by atoms with Crippen molar-refractivity contribution in [2.24, 2.45) is 0 Å². The minimum Gasteiger partial charge on any atom is -0.348 e. The smallest absolute Gasteiger partial charge is 0.267 e. The van der Waals surface area contributed by atoms with Gasteiger partial charge in [0.05, 0.1) is 10.9 Å². The Hall–Kier alpha value is -3.22. The number of fused-ring (bicyclic) bond motifs is 2. The van der Waals surface area contributed by atoms with Gasteiger partial charge in [0.15, 0.2) is 0 Å². The Kier molecular flexibility index (Phi) is 6.26. The number of unbranched alkanes of at least 4 members (excludes halogenated alkanes) is 3. The van der Waals surface area contributed by atoms with Crippen LogP contribution in [0.4, 0.5) is 0 Å². The quantitative estimate of drug-likeness (QED) is 0.350. The van der Waals surface area contributed by atoms with E-state index in [0.29, 0.717) is 29.8 Å². The lowest BCUT2D eigenvalue weighted by atomic mass is 10.1. The second-order valence-electron chi connectivity index (χ2n) is 7.16. The van der Waals surface area contributed by atoms with Crippen LogP contribution in [0.5, 0.6) is 0 Å². The molecule has 0 bridgehead atoms. The standard InChI is InChI=1S/C22H27N5O2/c1-4-6-7-8-12-26-18(23)16(21(28)24-11-5-2)14-17-20(26)25-19-15(3)10-9-13-27(19)22(17)29/h5,9-10,13-14,23H,2,4,6-8,11-12H2,1,3H3,(H,24,28). The fraction of sp³-hybridized carbons (Fsp3) is 0.364. The lowest BCUT2D eigenvalue weighted by Gasteiger charge is -2.15. The molecule has 0 atom stereocenters. The third-order valence-corrected chi connectivity index (χ3v) is 5.02. The van der Waals surface area contributed by atoms with Crippen molar-refractivity contribution in [3.05, 3.63) is 64.0 Å². The van der Waals surface area contributed by atoms with E-state index in [4.69, 9.17) is 10.4 Å². The molecule has 0 aromatic carbocycles. The first-order valence-corrected chi connectivity index (χ1v) is 9.98. The molecule has 0 radical (unpaired) electrons. The predicted molar refractivity (Wildman–Crippen MR) is 114 cm³/mol. The van der Waals surface area contributed by atoms with E-state index in [9.17, 15) is 9.59 Å². The number of rotatable bonds is 8. The highest BCUT2D eigenvalue weighted by molar-refractivity contribution is 5.96. The van der Waals surface area contributed by atoms with Crippen molar-refractivity contribution in [2.75, 3.05) is 6.54 Å². The first-order chi connectivity index (χ1) is 14.0. The summed E-state index contributed by atoms with van der Waals surface area (Å²) in [6.07, 6.45) is 7.33. The van der Waals surface area contributed by atoms with Crippen molar-refractivity contribution in [2.45, 2.75) is 46.1 Å². The molecular weight excluding hydrogens is 366 g/mol. The molecule has 7 heteroatoms. The molecular formula is C22H27N5O2. The molecule has 0 unspecified atom stereocenters. The molecule has 3 rings (SSSR count). The van der Waals surface area contributed by atoms with E-state index in [1.165, 1.54) is 10.5 Å². The molecule has 2 N–H and O–H groups in total. The van der Waals surface area contributed by atoms with Gasteiger partial charge in [-0.3, -0.25) is 19.4 Å². The van der Waals surface area contributed by atoms with Gasteiger partial charge in [0.1, 0.15) is 16.8 Å². The number of hydrogen-bond acceptors (Lipinski definition) is 4. The summed E-state index contributed by atoms with van der Waals surface area (Å²) in [5.74, 6) is -0.396. The monoisotopic (exact) mass is 393 g/mol. The van der Waals surface area contributed by atoms with E-state index in [1.54, 1.807) is 22.9 Å². The summed E-state index contributed by atoms with van der Waals surface area (Å²) >= 11 is 0. The molecule has 0 aliphatic carbocycles. The predicted octanol–water partition coefficient (Wildman–Crippen LogP) is 2.93. The van der Waals surface area contributed by atoms with Crippen LogP contribution in [0, 0.1) is 12.3 Å². The number of nitrogens with zero attached hydrogens (tertiary/aromatic N) is 3. The average molecular weight is 393 g/mol. The molecule has 0 fully saturated rings. The zero-order chi connectivity index (χ0) is 21.0. The van der Waals surface area contributed by atoms with E-state index < -0.39 is 5.91 Å². The number of amides is 1. The minimum absolute atomic E-state index is 0.0698. The van der Waals surface area contributed by atoms with Gasteiger partial charge in [-0.05, 0) is 31.0 Å². The second kappa shape index (κ2) is 8.86. The highest BCUT2D eigenvalue weighted by Crippen LogP contribution is 2.14. The van der Waals surface area contributed by atoms with Crippen LogP contribution in [-0.4, -0.2) is 26.4 Å². The average Bonchev–Trinajstić information content (AvgIpc) is 2.71. The number of hydrogen-bond donors (Lipinski definition) is 2. The van der Waals surface area contributed by atoms with Crippen LogP contribution in [0.2, 0.25) is 0 Å². The van der Waals surface area contributed by atoms with E-state index in [1.807, 2.05) is 13.0 Å². The highest BCUT2D eigenvalue weighted by atomic mass is 16.1. The van der Waals surface area contributed by atoms with Gasteiger partial charge < -0.3 is 9.88 Å². The number of pyridine rings is 2. The number of carbonyl (C=O) groups excluding carboxylic acids is 1. The van der Waals surface area contributed by atoms with Gasteiger partial charge in [0.25, 0.3) is 11.5 Å². The second-order valence-corrected chi connectivity index (χ2v) is 7.16. The Morgan fingerprint density at radius 1 is 1.31 bits per heavy atom. The topological polar surface area (TPSA) is 92.2 Å². The molecule has 3 aromatic heterocycles. The number of nitrogens with one attached hydrogen (secondary N) is 2. The molecule has 0 saturated heterocycles. The van der Waals surface area contributed by atoms with Crippen LogP contribution < -0.4 is 16.4 Å². The SMILES string of the molecule is C=CCNC(=O)c1cc2c(=O)n3cccc(C)c3nc2n(CCCCCC)c1=N. The summed E-state index contributed by atoms with van der Waals surface area (Å²) in [5, 5.41) is 11.7. The lowest BCUT2D eigenvalue weighted by Crippen LogP contribution is -2.35. The Morgan fingerprint density at radius 2 is 2.10 bits per heavy atom. The molecule has 0 saturated carbocycles. The van der Waals surface area contributed by atoms with Crippen molar-refractivity contribution in [3.8, 4) is 0 Å². The molecule has 3 heterocycles. The van der Waals surface area contributed by atoms with Crippen LogP contribution in [0.3, 0.4) is 0 Å². The summed E-state index contributed by atoms with van der Waals surface area (Å²) in [7, 11) is 0. The van der Waals surface area contributed by atoms with Gasteiger partial charge in [0.2, 0.25) is 0 Å². The Labute approximate surface area is 169 Å². The fourth-order valence-electron chi connectivity index (χ4n) is 3.44. The summed E-state index contributed by atoms with van der Waals surface area (Å²) < 4.78 is 3.19. The van der Waals surface area contributed by atoms with Crippen molar-refractivity contribution >= 4 is 22.6 Å². The maximum absolute atomic E-state index is 13.2. The highest BCUT2D eigenvalue weighted by Gasteiger charge is 2.17. The third kappa shape index (κ3) is 3.99. The normalized spacial score (nSPS) is 11.1. The Balaban J connectivity index is 2.27. The number of aryl methyl sites for hydroxylation is 2. The van der Waals surface area contributed by atoms with Gasteiger partial charge in [0, 0.05) is 19.3 Å². The van der Waals surface area contributed by atoms with E-state index >= 15 is 0 Å². The number of aromatic nitrogens is 3. The Morgan fingerprint density at radius 3 is 2.83 bits per heavy atom. The summed E-state index contributed by atoms with van der Waals surface area (Å²) in [6.45, 7) is 8.47.